The van der Waals surface area contributed by atoms with Gasteiger partial charge in [0.15, 0.2) is 5.78 Å². The summed E-state index contributed by atoms with van der Waals surface area (Å²) in [6.45, 7) is 4.02. The van der Waals surface area contributed by atoms with Gasteiger partial charge in [-0.05, 0) is 30.2 Å². The van der Waals surface area contributed by atoms with E-state index >= 15 is 0 Å². The Morgan fingerprint density at radius 1 is 1.32 bits per heavy atom. The maximum Gasteiger partial charge on any atom is 0.416 e. The van der Waals surface area contributed by atoms with Crippen molar-refractivity contribution in [2.75, 3.05) is 6.61 Å². The third-order valence-electron chi connectivity index (χ3n) is 3.31. The van der Waals surface area contributed by atoms with Crippen molar-refractivity contribution >= 4 is 11.7 Å². The zero-order chi connectivity index (χ0) is 18.6. The maximum absolute atomic E-state index is 12.9. The van der Waals surface area contributed by atoms with Gasteiger partial charge in [-0.3, -0.25) is 9.59 Å². The fourth-order valence-electron chi connectivity index (χ4n) is 2.12. The fraction of sp³-hybridized carbons (Fsp3) is 0.333. The van der Waals surface area contributed by atoms with E-state index in [0.717, 1.165) is 18.2 Å². The van der Waals surface area contributed by atoms with Crippen LogP contribution in [0.2, 0.25) is 0 Å². The van der Waals surface area contributed by atoms with E-state index in [2.05, 4.69) is 5.32 Å². The predicted octanol–water partition coefficient (Wildman–Crippen LogP) is 3.88. The molecule has 1 aromatic rings. The Labute approximate surface area is 143 Å². The first kappa shape index (κ1) is 18.8. The highest BCUT2D eigenvalue weighted by Crippen LogP contribution is 2.33. The van der Waals surface area contributed by atoms with E-state index in [1.165, 1.54) is 12.2 Å². The molecule has 2 rings (SSSR count). The molecule has 0 spiro atoms. The van der Waals surface area contributed by atoms with Gasteiger partial charge in [0.1, 0.15) is 5.75 Å². The summed E-state index contributed by atoms with van der Waals surface area (Å²) < 4.78 is 44.3. The van der Waals surface area contributed by atoms with Crippen molar-refractivity contribution in [1.82, 2.24) is 5.32 Å². The fourth-order valence-corrected chi connectivity index (χ4v) is 2.12. The molecule has 0 saturated heterocycles. The number of carbonyl (C=O) groups excluding carboxylic acids is 2. The number of hydrogen-bond donors (Lipinski definition) is 1. The normalized spacial score (nSPS) is 14.5. The number of allylic oxidation sites excluding steroid dienone is 3. The summed E-state index contributed by atoms with van der Waals surface area (Å²) in [6.07, 6.45) is -0.0146. The molecule has 0 heterocycles. The molecular formula is C18H18F3NO3. The molecule has 1 aromatic carbocycles. The minimum Gasteiger partial charge on any atom is -0.492 e. The van der Waals surface area contributed by atoms with Crippen LogP contribution < -0.4 is 10.1 Å². The van der Waals surface area contributed by atoms with Gasteiger partial charge in [-0.1, -0.05) is 19.9 Å². The third kappa shape index (κ3) is 5.20. The lowest BCUT2D eigenvalue weighted by molar-refractivity contribution is -0.137. The van der Waals surface area contributed by atoms with Crippen LogP contribution in [0.25, 0.3) is 0 Å². The first-order valence-corrected chi connectivity index (χ1v) is 7.73. The minimum absolute atomic E-state index is 0.0610. The van der Waals surface area contributed by atoms with Crippen LogP contribution in [0.5, 0.6) is 5.75 Å². The number of hydrogen-bond acceptors (Lipinski definition) is 3. The minimum atomic E-state index is -4.58. The van der Waals surface area contributed by atoms with Gasteiger partial charge in [-0.15, -0.1) is 0 Å². The first-order chi connectivity index (χ1) is 11.7. The topological polar surface area (TPSA) is 55.4 Å². The van der Waals surface area contributed by atoms with Crippen molar-refractivity contribution in [3.63, 3.8) is 0 Å². The lowest BCUT2D eigenvalue weighted by Crippen LogP contribution is -2.25. The number of halogens is 3. The first-order valence-electron chi connectivity index (χ1n) is 7.73. The number of rotatable bonds is 5. The second-order valence-electron chi connectivity index (χ2n) is 6.04. The molecule has 7 heteroatoms. The molecule has 0 fully saturated rings. The number of amides is 1. The van der Waals surface area contributed by atoms with E-state index < -0.39 is 17.6 Å². The van der Waals surface area contributed by atoms with Gasteiger partial charge < -0.3 is 10.1 Å². The van der Waals surface area contributed by atoms with Crippen molar-refractivity contribution in [2.24, 2.45) is 5.92 Å². The van der Waals surface area contributed by atoms with Crippen LogP contribution in [0.3, 0.4) is 0 Å². The van der Waals surface area contributed by atoms with Gasteiger partial charge in [0, 0.05) is 18.2 Å². The molecule has 0 aliphatic heterocycles. The summed E-state index contributed by atoms with van der Waals surface area (Å²) in [6, 6.07) is 2.76. The second kappa shape index (κ2) is 7.55. The van der Waals surface area contributed by atoms with E-state index in [4.69, 9.17) is 4.74 Å². The molecule has 0 radical (unpaired) electrons. The average molecular weight is 353 g/mol. The summed E-state index contributed by atoms with van der Waals surface area (Å²) in [4.78, 5) is 23.8. The molecule has 0 saturated carbocycles. The summed E-state index contributed by atoms with van der Waals surface area (Å²) in [7, 11) is 0. The monoisotopic (exact) mass is 353 g/mol. The van der Waals surface area contributed by atoms with Crippen LogP contribution in [0.15, 0.2) is 42.1 Å². The SMILES string of the molecule is CC(C)COc1ccc(C(F)(F)F)cc1C(=O)NC1=CC(=O)CC=C1. The summed E-state index contributed by atoms with van der Waals surface area (Å²) >= 11 is 0. The average Bonchev–Trinajstić information content (AvgIpc) is 2.51. The van der Waals surface area contributed by atoms with E-state index in [-0.39, 0.29) is 41.7 Å². The highest BCUT2D eigenvalue weighted by Gasteiger charge is 2.32. The molecule has 25 heavy (non-hydrogen) atoms. The number of ether oxygens (including phenoxy) is 1. The van der Waals surface area contributed by atoms with E-state index in [9.17, 15) is 22.8 Å². The molecule has 0 aromatic heterocycles. The number of nitrogens with one attached hydrogen (secondary N) is 1. The molecule has 1 amide bonds. The molecule has 134 valence electrons. The zero-order valence-corrected chi connectivity index (χ0v) is 13.8. The largest absolute Gasteiger partial charge is 0.492 e. The Morgan fingerprint density at radius 3 is 2.64 bits per heavy atom. The van der Waals surface area contributed by atoms with Gasteiger partial charge in [-0.25, -0.2) is 0 Å². The van der Waals surface area contributed by atoms with Crippen LogP contribution in [-0.2, 0) is 11.0 Å². The molecule has 0 bridgehead atoms. The van der Waals surface area contributed by atoms with Gasteiger partial charge in [0.05, 0.1) is 17.7 Å². The number of ketones is 1. The lowest BCUT2D eigenvalue weighted by Gasteiger charge is -2.16. The van der Waals surface area contributed by atoms with Crippen LogP contribution in [0, 0.1) is 5.92 Å². The van der Waals surface area contributed by atoms with Gasteiger partial charge in [-0.2, -0.15) is 13.2 Å². The highest BCUT2D eigenvalue weighted by atomic mass is 19.4. The Kier molecular flexibility index (Phi) is 5.66. The highest BCUT2D eigenvalue weighted by molar-refractivity contribution is 6.00. The van der Waals surface area contributed by atoms with Crippen molar-refractivity contribution in [2.45, 2.75) is 26.4 Å². The van der Waals surface area contributed by atoms with Crippen LogP contribution in [-0.4, -0.2) is 18.3 Å². The predicted molar refractivity (Wildman–Crippen MR) is 86.1 cm³/mol. The second-order valence-corrected chi connectivity index (χ2v) is 6.04. The third-order valence-corrected chi connectivity index (χ3v) is 3.31. The lowest BCUT2D eigenvalue weighted by atomic mass is 10.1. The van der Waals surface area contributed by atoms with Gasteiger partial charge in [0.25, 0.3) is 5.91 Å². The summed E-state index contributed by atoms with van der Waals surface area (Å²) in [5, 5.41) is 2.44. The van der Waals surface area contributed by atoms with Gasteiger partial charge >= 0.3 is 6.18 Å². The Morgan fingerprint density at radius 2 is 2.04 bits per heavy atom. The van der Waals surface area contributed by atoms with Crippen molar-refractivity contribution in [3.8, 4) is 5.75 Å². The van der Waals surface area contributed by atoms with Crippen LogP contribution in [0.1, 0.15) is 36.2 Å². The number of carbonyl (C=O) groups is 2. The molecule has 0 unspecified atom stereocenters. The molecule has 1 N–H and O–H groups in total. The van der Waals surface area contributed by atoms with E-state index in [0.29, 0.717) is 0 Å². The van der Waals surface area contributed by atoms with E-state index in [1.54, 1.807) is 6.08 Å². The van der Waals surface area contributed by atoms with Crippen molar-refractivity contribution in [1.29, 1.82) is 0 Å². The molecule has 0 atom stereocenters. The number of alkyl halides is 3. The van der Waals surface area contributed by atoms with E-state index in [1.807, 2.05) is 13.8 Å². The zero-order valence-electron chi connectivity index (χ0n) is 13.8. The summed E-state index contributed by atoms with van der Waals surface area (Å²) in [5.41, 5.74) is -0.949. The quantitative estimate of drug-likeness (QED) is 0.874. The van der Waals surface area contributed by atoms with Crippen LogP contribution in [0.4, 0.5) is 13.2 Å². The standard InChI is InChI=1S/C18H18F3NO3/c1-11(2)10-25-16-7-6-12(18(19,20)21)8-15(16)17(24)22-13-4-3-5-14(23)9-13/h3-4,6-9,11H,5,10H2,1-2H3,(H,22,24). The Bertz CT molecular complexity index is 734. The Hall–Kier alpha value is -2.57. The van der Waals surface area contributed by atoms with Crippen LogP contribution >= 0.6 is 0 Å². The maximum atomic E-state index is 12.9. The Balaban J connectivity index is 2.32. The van der Waals surface area contributed by atoms with Gasteiger partial charge in [0.2, 0.25) is 0 Å². The molecular weight excluding hydrogens is 335 g/mol. The van der Waals surface area contributed by atoms with Crippen molar-refractivity contribution < 1.29 is 27.5 Å². The molecule has 1 aliphatic rings. The smallest absolute Gasteiger partial charge is 0.416 e. The molecule has 1 aliphatic carbocycles. The molecule has 4 nitrogen and oxygen atoms in total. The summed E-state index contributed by atoms with van der Waals surface area (Å²) in [5.74, 6) is -0.765. The van der Waals surface area contributed by atoms with Crippen molar-refractivity contribution in [3.05, 3.63) is 53.3 Å². The number of benzene rings is 1.